The molecule has 0 unspecified atom stereocenters. The second-order valence-corrected chi connectivity index (χ2v) is 3.02. The molecule has 0 aliphatic heterocycles. The Morgan fingerprint density at radius 2 is 2.21 bits per heavy atom. The van der Waals surface area contributed by atoms with Gasteiger partial charge in [-0.2, -0.15) is 0 Å². The Balaban J connectivity index is 2.91. The maximum Gasteiger partial charge on any atom is 0.194 e. The number of aryl methyl sites for hydroxylation is 1. The van der Waals surface area contributed by atoms with Crippen molar-refractivity contribution in [1.82, 2.24) is 0 Å². The number of phenolic OH excluding ortho intramolecular Hbond substituents is 1. The van der Waals surface area contributed by atoms with Crippen LogP contribution < -0.4 is 10.5 Å². The number of rotatable bonds is 4. The number of methoxy groups -OCH3 is 1. The molecule has 3 N–H and O–H groups in total. The van der Waals surface area contributed by atoms with Gasteiger partial charge in [-0.15, -0.1) is 0 Å². The van der Waals surface area contributed by atoms with Crippen LogP contribution in [0.4, 0.5) is 4.39 Å². The van der Waals surface area contributed by atoms with E-state index in [4.69, 9.17) is 10.5 Å². The minimum Gasteiger partial charge on any atom is -0.502 e. The van der Waals surface area contributed by atoms with E-state index in [0.717, 1.165) is 12.0 Å². The molecule has 0 aromatic heterocycles. The molecule has 4 heteroatoms. The van der Waals surface area contributed by atoms with E-state index in [1.807, 2.05) is 0 Å². The molecule has 0 amide bonds. The number of aromatic hydroxyl groups is 1. The zero-order chi connectivity index (χ0) is 10.6. The Hall–Kier alpha value is -1.29. The predicted molar refractivity (Wildman–Crippen MR) is 52.0 cm³/mol. The summed E-state index contributed by atoms with van der Waals surface area (Å²) >= 11 is 0. The van der Waals surface area contributed by atoms with Gasteiger partial charge < -0.3 is 15.6 Å². The normalized spacial score (nSPS) is 10.2. The van der Waals surface area contributed by atoms with Gasteiger partial charge in [0.2, 0.25) is 0 Å². The Bertz CT molecular complexity index is 315. The minimum absolute atomic E-state index is 0.164. The van der Waals surface area contributed by atoms with Crippen molar-refractivity contribution in [3.05, 3.63) is 23.5 Å². The molecule has 0 aliphatic rings. The average molecular weight is 199 g/mol. The van der Waals surface area contributed by atoms with Crippen molar-refractivity contribution < 1.29 is 14.2 Å². The van der Waals surface area contributed by atoms with Gasteiger partial charge in [0.05, 0.1) is 7.11 Å². The minimum atomic E-state index is -0.656. The van der Waals surface area contributed by atoms with Gasteiger partial charge in [0.1, 0.15) is 0 Å². The quantitative estimate of drug-likeness (QED) is 0.771. The SMILES string of the molecule is COc1cc(CCCN)cc(F)c1O. The molecule has 0 bridgehead atoms. The number of hydrogen-bond acceptors (Lipinski definition) is 3. The summed E-state index contributed by atoms with van der Waals surface area (Å²) in [5.41, 5.74) is 6.12. The van der Waals surface area contributed by atoms with Crippen LogP contribution in [0.25, 0.3) is 0 Å². The number of phenols is 1. The first kappa shape index (κ1) is 10.8. The summed E-state index contributed by atoms with van der Waals surface area (Å²) in [6.07, 6.45) is 1.47. The molecule has 1 rings (SSSR count). The van der Waals surface area contributed by atoms with Gasteiger partial charge in [-0.1, -0.05) is 0 Å². The summed E-state index contributed by atoms with van der Waals surface area (Å²) in [7, 11) is 1.39. The highest BCUT2D eigenvalue weighted by atomic mass is 19.1. The third-order valence-electron chi connectivity index (χ3n) is 1.98. The van der Waals surface area contributed by atoms with E-state index in [1.54, 1.807) is 6.07 Å². The maximum absolute atomic E-state index is 13.1. The van der Waals surface area contributed by atoms with E-state index in [9.17, 15) is 9.50 Å². The van der Waals surface area contributed by atoms with Crippen molar-refractivity contribution in [2.24, 2.45) is 5.73 Å². The lowest BCUT2D eigenvalue weighted by atomic mass is 10.1. The molecular formula is C10H14FNO2. The Labute approximate surface area is 82.3 Å². The average Bonchev–Trinajstić information content (AvgIpc) is 2.19. The van der Waals surface area contributed by atoms with Crippen molar-refractivity contribution in [3.63, 3.8) is 0 Å². The van der Waals surface area contributed by atoms with Crippen molar-refractivity contribution >= 4 is 0 Å². The monoisotopic (exact) mass is 199 g/mol. The smallest absolute Gasteiger partial charge is 0.194 e. The first-order chi connectivity index (χ1) is 6.69. The Kier molecular flexibility index (Phi) is 3.71. The van der Waals surface area contributed by atoms with Crippen LogP contribution in [0.2, 0.25) is 0 Å². The third kappa shape index (κ3) is 2.35. The fourth-order valence-corrected chi connectivity index (χ4v) is 1.23. The predicted octanol–water partition coefficient (Wildman–Crippen LogP) is 1.43. The third-order valence-corrected chi connectivity index (χ3v) is 1.98. The van der Waals surface area contributed by atoms with Gasteiger partial charge in [-0.3, -0.25) is 0 Å². The zero-order valence-electron chi connectivity index (χ0n) is 8.09. The molecule has 78 valence electrons. The number of benzene rings is 1. The first-order valence-electron chi connectivity index (χ1n) is 4.44. The highest BCUT2D eigenvalue weighted by molar-refractivity contribution is 5.43. The lowest BCUT2D eigenvalue weighted by Crippen LogP contribution is -2.01. The summed E-state index contributed by atoms with van der Waals surface area (Å²) in [6, 6.07) is 2.92. The summed E-state index contributed by atoms with van der Waals surface area (Å²) < 4.78 is 17.9. The van der Waals surface area contributed by atoms with Crippen LogP contribution >= 0.6 is 0 Å². The fraction of sp³-hybridized carbons (Fsp3) is 0.400. The molecule has 0 saturated heterocycles. The summed E-state index contributed by atoms with van der Waals surface area (Å²) in [6.45, 7) is 0.560. The maximum atomic E-state index is 13.1. The Morgan fingerprint density at radius 3 is 2.79 bits per heavy atom. The number of hydrogen-bond donors (Lipinski definition) is 2. The standard InChI is InChI=1S/C10H14FNO2/c1-14-9-6-7(3-2-4-12)5-8(11)10(9)13/h5-6,13H,2-4,12H2,1H3. The topological polar surface area (TPSA) is 55.5 Å². The van der Waals surface area contributed by atoms with Crippen LogP contribution in [0.5, 0.6) is 11.5 Å². The second kappa shape index (κ2) is 4.81. The molecule has 14 heavy (non-hydrogen) atoms. The molecule has 1 aromatic rings. The zero-order valence-corrected chi connectivity index (χ0v) is 8.09. The fourth-order valence-electron chi connectivity index (χ4n) is 1.23. The van der Waals surface area contributed by atoms with Gasteiger partial charge >= 0.3 is 0 Å². The largest absolute Gasteiger partial charge is 0.502 e. The van der Waals surface area contributed by atoms with E-state index in [0.29, 0.717) is 13.0 Å². The summed E-state index contributed by atoms with van der Waals surface area (Å²) in [5, 5.41) is 9.22. The lowest BCUT2D eigenvalue weighted by Gasteiger charge is -2.07. The van der Waals surface area contributed by atoms with E-state index in [2.05, 4.69) is 0 Å². The van der Waals surface area contributed by atoms with Crippen molar-refractivity contribution in [2.45, 2.75) is 12.8 Å². The molecule has 3 nitrogen and oxygen atoms in total. The van der Waals surface area contributed by atoms with Gasteiger partial charge in [0.25, 0.3) is 0 Å². The van der Waals surface area contributed by atoms with E-state index in [1.165, 1.54) is 13.2 Å². The highest BCUT2D eigenvalue weighted by Gasteiger charge is 2.09. The van der Waals surface area contributed by atoms with Gasteiger partial charge in [0, 0.05) is 0 Å². The van der Waals surface area contributed by atoms with Crippen LogP contribution in [-0.2, 0) is 6.42 Å². The van der Waals surface area contributed by atoms with Crippen LogP contribution in [0.15, 0.2) is 12.1 Å². The molecular weight excluding hydrogens is 185 g/mol. The summed E-state index contributed by atoms with van der Waals surface area (Å²) in [5.74, 6) is -0.933. The molecule has 0 saturated carbocycles. The van der Waals surface area contributed by atoms with E-state index >= 15 is 0 Å². The lowest BCUT2D eigenvalue weighted by molar-refractivity contribution is 0.356. The van der Waals surface area contributed by atoms with Gasteiger partial charge in [-0.05, 0) is 37.1 Å². The molecule has 1 aromatic carbocycles. The second-order valence-electron chi connectivity index (χ2n) is 3.02. The number of halogens is 1. The number of ether oxygens (including phenoxy) is 1. The van der Waals surface area contributed by atoms with E-state index < -0.39 is 11.6 Å². The van der Waals surface area contributed by atoms with Crippen molar-refractivity contribution in [1.29, 1.82) is 0 Å². The molecule has 0 fully saturated rings. The van der Waals surface area contributed by atoms with Gasteiger partial charge in [-0.25, -0.2) is 4.39 Å². The first-order valence-corrected chi connectivity index (χ1v) is 4.44. The molecule has 0 radical (unpaired) electrons. The molecule has 0 atom stereocenters. The molecule has 0 aliphatic carbocycles. The van der Waals surface area contributed by atoms with Crippen LogP contribution in [-0.4, -0.2) is 18.8 Å². The van der Waals surface area contributed by atoms with Crippen molar-refractivity contribution in [3.8, 4) is 11.5 Å². The number of nitrogens with two attached hydrogens (primary N) is 1. The molecule has 0 heterocycles. The summed E-state index contributed by atoms with van der Waals surface area (Å²) in [4.78, 5) is 0. The van der Waals surface area contributed by atoms with Crippen LogP contribution in [0.1, 0.15) is 12.0 Å². The molecule has 0 spiro atoms. The van der Waals surface area contributed by atoms with Crippen LogP contribution in [0.3, 0.4) is 0 Å². The van der Waals surface area contributed by atoms with E-state index in [-0.39, 0.29) is 5.75 Å². The highest BCUT2D eigenvalue weighted by Crippen LogP contribution is 2.30. The Morgan fingerprint density at radius 1 is 1.50 bits per heavy atom. The van der Waals surface area contributed by atoms with Crippen LogP contribution in [0, 0.1) is 5.82 Å². The van der Waals surface area contributed by atoms with Crippen molar-refractivity contribution in [2.75, 3.05) is 13.7 Å². The van der Waals surface area contributed by atoms with Gasteiger partial charge in [0.15, 0.2) is 17.3 Å².